The summed E-state index contributed by atoms with van der Waals surface area (Å²) in [7, 11) is 0. The van der Waals surface area contributed by atoms with E-state index in [2.05, 4.69) is 9.97 Å². The highest BCUT2D eigenvalue weighted by atomic mass is 16.5. The van der Waals surface area contributed by atoms with Gasteiger partial charge in [-0.2, -0.15) is 0 Å². The van der Waals surface area contributed by atoms with Crippen molar-refractivity contribution in [1.82, 2.24) is 9.97 Å². The molecule has 0 aliphatic heterocycles. The Kier molecular flexibility index (Phi) is 2.43. The second kappa shape index (κ2) is 3.74. The van der Waals surface area contributed by atoms with Gasteiger partial charge in [-0.15, -0.1) is 0 Å². The zero-order valence-corrected chi connectivity index (χ0v) is 8.06. The minimum absolute atomic E-state index is 0.364. The summed E-state index contributed by atoms with van der Waals surface area (Å²) in [5, 5.41) is 0. The monoisotopic (exact) mass is 192 g/mol. The molecule has 0 saturated heterocycles. The van der Waals surface area contributed by atoms with Gasteiger partial charge in [0.1, 0.15) is 6.33 Å². The number of rotatable bonds is 3. The van der Waals surface area contributed by atoms with Gasteiger partial charge in [-0.3, -0.25) is 0 Å². The van der Waals surface area contributed by atoms with Gasteiger partial charge in [0.2, 0.25) is 0 Å². The molecule has 0 atom stereocenters. The van der Waals surface area contributed by atoms with Gasteiger partial charge in [-0.25, -0.2) is 14.8 Å². The van der Waals surface area contributed by atoms with Crippen molar-refractivity contribution in [2.24, 2.45) is 0 Å². The fraction of sp³-hybridized carbons (Fsp3) is 0.500. The molecule has 74 valence electrons. The van der Waals surface area contributed by atoms with Gasteiger partial charge >= 0.3 is 5.97 Å². The Morgan fingerprint density at radius 1 is 1.57 bits per heavy atom. The quantitative estimate of drug-likeness (QED) is 0.681. The van der Waals surface area contributed by atoms with E-state index in [0.29, 0.717) is 18.2 Å². The maximum atomic E-state index is 11.3. The molecule has 0 aromatic carbocycles. The van der Waals surface area contributed by atoms with Crippen molar-refractivity contribution in [3.05, 3.63) is 23.8 Å². The molecule has 2 rings (SSSR count). The number of aromatic nitrogens is 2. The average molecular weight is 192 g/mol. The summed E-state index contributed by atoms with van der Waals surface area (Å²) in [6, 6.07) is 1.73. The second-order valence-electron chi connectivity index (χ2n) is 3.32. The molecule has 0 bridgehead atoms. The van der Waals surface area contributed by atoms with Crippen molar-refractivity contribution in [2.45, 2.75) is 25.7 Å². The van der Waals surface area contributed by atoms with Crippen molar-refractivity contribution in [3.63, 3.8) is 0 Å². The molecule has 4 nitrogen and oxygen atoms in total. The Bertz CT molecular complexity index is 348. The number of hydrogen-bond donors (Lipinski definition) is 0. The average Bonchev–Trinajstić information content (AvgIpc) is 3.02. The molecular formula is C10H12N2O2. The lowest BCUT2D eigenvalue weighted by molar-refractivity contribution is 0.0519. The van der Waals surface area contributed by atoms with E-state index >= 15 is 0 Å². The lowest BCUT2D eigenvalue weighted by atomic mass is 10.2. The number of carbonyl (C=O) groups excluding carboxylic acids is 1. The molecule has 0 radical (unpaired) electrons. The van der Waals surface area contributed by atoms with Gasteiger partial charge in [0.05, 0.1) is 6.61 Å². The molecular weight excluding hydrogens is 180 g/mol. The fourth-order valence-electron chi connectivity index (χ4n) is 1.29. The SMILES string of the molecule is CCOC(=O)c1cc(C2CC2)ncn1. The Balaban J connectivity index is 2.16. The minimum atomic E-state index is -0.364. The fourth-order valence-corrected chi connectivity index (χ4v) is 1.29. The predicted molar refractivity (Wildman–Crippen MR) is 50.0 cm³/mol. The molecule has 1 aliphatic rings. The van der Waals surface area contributed by atoms with Crippen LogP contribution >= 0.6 is 0 Å². The molecule has 1 saturated carbocycles. The van der Waals surface area contributed by atoms with E-state index in [1.165, 1.54) is 19.2 Å². The molecule has 0 N–H and O–H groups in total. The van der Waals surface area contributed by atoms with Crippen LogP contribution in [0.25, 0.3) is 0 Å². The molecule has 1 aliphatic carbocycles. The largest absolute Gasteiger partial charge is 0.461 e. The van der Waals surface area contributed by atoms with E-state index in [4.69, 9.17) is 4.74 Å². The standard InChI is InChI=1S/C10H12N2O2/c1-2-14-10(13)9-5-8(7-3-4-7)11-6-12-9/h5-7H,2-4H2,1H3. The minimum Gasteiger partial charge on any atom is -0.461 e. The predicted octanol–water partition coefficient (Wildman–Crippen LogP) is 1.53. The smallest absolute Gasteiger partial charge is 0.357 e. The van der Waals surface area contributed by atoms with Gasteiger partial charge in [-0.05, 0) is 25.8 Å². The van der Waals surface area contributed by atoms with Gasteiger partial charge in [0.25, 0.3) is 0 Å². The second-order valence-corrected chi connectivity index (χ2v) is 3.32. The summed E-state index contributed by atoms with van der Waals surface area (Å²) < 4.78 is 4.85. The van der Waals surface area contributed by atoms with Crippen LogP contribution in [0, 0.1) is 0 Å². The molecule has 1 aromatic rings. The third-order valence-electron chi connectivity index (χ3n) is 2.17. The van der Waals surface area contributed by atoms with Crippen molar-refractivity contribution in [3.8, 4) is 0 Å². The van der Waals surface area contributed by atoms with Crippen LogP contribution in [0.3, 0.4) is 0 Å². The van der Waals surface area contributed by atoms with E-state index in [-0.39, 0.29) is 5.97 Å². The van der Waals surface area contributed by atoms with E-state index in [1.807, 2.05) is 0 Å². The van der Waals surface area contributed by atoms with Gasteiger partial charge < -0.3 is 4.74 Å². The van der Waals surface area contributed by atoms with Crippen LogP contribution < -0.4 is 0 Å². The summed E-state index contributed by atoms with van der Waals surface area (Å²) in [5.74, 6) is 0.169. The molecule has 4 heteroatoms. The third-order valence-corrected chi connectivity index (χ3v) is 2.17. The molecule has 1 fully saturated rings. The summed E-state index contributed by atoms with van der Waals surface area (Å²) in [5.41, 5.74) is 1.33. The first-order valence-corrected chi connectivity index (χ1v) is 4.80. The molecule has 0 amide bonds. The lowest BCUT2D eigenvalue weighted by Gasteiger charge is -2.01. The Hall–Kier alpha value is -1.45. The van der Waals surface area contributed by atoms with Crippen LogP contribution in [0.2, 0.25) is 0 Å². The first kappa shape index (κ1) is 9.12. The zero-order valence-electron chi connectivity index (χ0n) is 8.06. The van der Waals surface area contributed by atoms with Crippen LogP contribution in [-0.4, -0.2) is 22.5 Å². The van der Waals surface area contributed by atoms with Crippen LogP contribution in [0.15, 0.2) is 12.4 Å². The van der Waals surface area contributed by atoms with Gasteiger partial charge in [0, 0.05) is 11.6 Å². The molecule has 1 aromatic heterocycles. The number of nitrogens with zero attached hydrogens (tertiary/aromatic N) is 2. The first-order chi connectivity index (χ1) is 6.81. The maximum Gasteiger partial charge on any atom is 0.357 e. The highest BCUT2D eigenvalue weighted by Gasteiger charge is 2.26. The van der Waals surface area contributed by atoms with Gasteiger partial charge in [-0.1, -0.05) is 0 Å². The van der Waals surface area contributed by atoms with Crippen LogP contribution in [0.5, 0.6) is 0 Å². The summed E-state index contributed by atoms with van der Waals surface area (Å²) in [6.45, 7) is 2.16. The van der Waals surface area contributed by atoms with Crippen LogP contribution in [0.4, 0.5) is 0 Å². The number of hydrogen-bond acceptors (Lipinski definition) is 4. The molecule has 0 unspecified atom stereocenters. The third kappa shape index (κ3) is 1.89. The summed E-state index contributed by atoms with van der Waals surface area (Å²) in [4.78, 5) is 19.3. The molecule has 0 spiro atoms. The topological polar surface area (TPSA) is 52.1 Å². The first-order valence-electron chi connectivity index (χ1n) is 4.80. The number of esters is 1. The highest BCUT2D eigenvalue weighted by molar-refractivity contribution is 5.87. The van der Waals surface area contributed by atoms with E-state index in [0.717, 1.165) is 5.69 Å². The lowest BCUT2D eigenvalue weighted by Crippen LogP contribution is -2.08. The molecule has 14 heavy (non-hydrogen) atoms. The Morgan fingerprint density at radius 3 is 3.00 bits per heavy atom. The Labute approximate surface area is 82.3 Å². The van der Waals surface area contributed by atoms with Crippen LogP contribution in [0.1, 0.15) is 41.9 Å². The van der Waals surface area contributed by atoms with Crippen molar-refractivity contribution < 1.29 is 9.53 Å². The van der Waals surface area contributed by atoms with Crippen LogP contribution in [-0.2, 0) is 4.74 Å². The van der Waals surface area contributed by atoms with E-state index < -0.39 is 0 Å². The molecule has 1 heterocycles. The highest BCUT2D eigenvalue weighted by Crippen LogP contribution is 2.38. The van der Waals surface area contributed by atoms with E-state index in [1.54, 1.807) is 13.0 Å². The van der Waals surface area contributed by atoms with Gasteiger partial charge in [0.15, 0.2) is 5.69 Å². The van der Waals surface area contributed by atoms with Crippen molar-refractivity contribution in [1.29, 1.82) is 0 Å². The Morgan fingerprint density at radius 2 is 2.36 bits per heavy atom. The zero-order chi connectivity index (χ0) is 9.97. The van der Waals surface area contributed by atoms with Crippen molar-refractivity contribution >= 4 is 5.97 Å². The van der Waals surface area contributed by atoms with Crippen molar-refractivity contribution in [2.75, 3.05) is 6.61 Å². The summed E-state index contributed by atoms with van der Waals surface area (Å²) in [6.07, 6.45) is 3.76. The normalized spacial score (nSPS) is 15.2. The summed E-state index contributed by atoms with van der Waals surface area (Å²) >= 11 is 0. The maximum absolute atomic E-state index is 11.3. The number of ether oxygens (including phenoxy) is 1. The van der Waals surface area contributed by atoms with E-state index in [9.17, 15) is 4.79 Å². The number of carbonyl (C=O) groups is 1.